The Hall–Kier alpha value is -1.83. The highest BCUT2D eigenvalue weighted by Crippen LogP contribution is 2.65. The van der Waals surface area contributed by atoms with Gasteiger partial charge in [-0.2, -0.15) is 0 Å². The maximum absolute atomic E-state index is 13.2. The van der Waals surface area contributed by atoms with Crippen molar-refractivity contribution in [2.75, 3.05) is 6.54 Å². The molecule has 4 N–H and O–H groups in total. The van der Waals surface area contributed by atoms with E-state index in [2.05, 4.69) is 10.3 Å². The van der Waals surface area contributed by atoms with Crippen LogP contribution in [0.15, 0.2) is 28.4 Å². The van der Waals surface area contributed by atoms with E-state index in [1.165, 1.54) is 5.56 Å². The number of hydrogen-bond donors (Lipinski definition) is 4. The highest BCUT2D eigenvalue weighted by molar-refractivity contribution is 8.04. The second-order valence-corrected chi connectivity index (χ2v) is 9.23. The summed E-state index contributed by atoms with van der Waals surface area (Å²) in [5, 5.41) is 14.8. The zero-order valence-electron chi connectivity index (χ0n) is 13.3. The van der Waals surface area contributed by atoms with Crippen LogP contribution in [0.3, 0.4) is 0 Å². The van der Waals surface area contributed by atoms with E-state index in [0.717, 1.165) is 40.3 Å². The van der Waals surface area contributed by atoms with Gasteiger partial charge in [-0.15, -0.1) is 11.8 Å². The van der Waals surface area contributed by atoms with E-state index < -0.39 is 17.6 Å². The number of hydrogen-bond acceptors (Lipinski definition) is 5. The van der Waals surface area contributed by atoms with Crippen LogP contribution in [-0.2, 0) is 11.2 Å². The van der Waals surface area contributed by atoms with Gasteiger partial charge in [0, 0.05) is 28.7 Å². The molecule has 6 nitrogen and oxygen atoms in total. The summed E-state index contributed by atoms with van der Waals surface area (Å²) in [5.74, 6) is 0.0587. The molecular weight excluding hydrogens is 338 g/mol. The van der Waals surface area contributed by atoms with Crippen LogP contribution >= 0.6 is 11.8 Å². The van der Waals surface area contributed by atoms with Crippen molar-refractivity contribution in [3.8, 4) is 0 Å². The minimum atomic E-state index is -0.731. The molecular formula is C18H16N3O3S+. The predicted octanol–water partition coefficient (Wildman–Crippen LogP) is -0.790. The Balaban J connectivity index is 1.65. The number of fused-ring (bicyclic) bond motifs is 3. The van der Waals surface area contributed by atoms with Gasteiger partial charge in [-0.05, 0) is 18.1 Å². The lowest BCUT2D eigenvalue weighted by Crippen LogP contribution is -3.21. The van der Waals surface area contributed by atoms with Crippen LogP contribution in [0.25, 0.3) is 0 Å². The van der Waals surface area contributed by atoms with Crippen molar-refractivity contribution in [2.24, 2.45) is 5.41 Å². The van der Waals surface area contributed by atoms with Gasteiger partial charge in [-0.3, -0.25) is 9.59 Å². The molecule has 25 heavy (non-hydrogen) atoms. The van der Waals surface area contributed by atoms with Crippen molar-refractivity contribution in [3.63, 3.8) is 0 Å². The summed E-state index contributed by atoms with van der Waals surface area (Å²) in [6.07, 6.45) is 4.58. The van der Waals surface area contributed by atoms with Gasteiger partial charge in [-0.1, -0.05) is 0 Å². The van der Waals surface area contributed by atoms with E-state index in [9.17, 15) is 14.7 Å². The van der Waals surface area contributed by atoms with Crippen LogP contribution in [0.5, 0.6) is 0 Å². The quantitative estimate of drug-likeness (QED) is 0.491. The van der Waals surface area contributed by atoms with Crippen molar-refractivity contribution < 1.29 is 19.6 Å². The minimum absolute atomic E-state index is 0.00546. The Bertz CT molecular complexity index is 992. The van der Waals surface area contributed by atoms with Gasteiger partial charge in [0.2, 0.25) is 11.6 Å². The van der Waals surface area contributed by atoms with Crippen LogP contribution in [0, 0.1) is 5.41 Å². The Labute approximate surface area is 147 Å². The molecule has 0 aromatic carbocycles. The van der Waals surface area contributed by atoms with Crippen molar-refractivity contribution in [1.29, 1.82) is 0 Å². The predicted molar refractivity (Wildman–Crippen MR) is 88.9 cm³/mol. The maximum atomic E-state index is 13.2. The normalized spacial score (nSPS) is 44.7. The smallest absolute Gasteiger partial charge is 0.225 e. The number of ketones is 2. The first kappa shape index (κ1) is 13.4. The van der Waals surface area contributed by atoms with Crippen LogP contribution < -0.4 is 10.2 Å². The summed E-state index contributed by atoms with van der Waals surface area (Å²) in [7, 11) is 0. The molecule has 1 aromatic heterocycles. The van der Waals surface area contributed by atoms with E-state index in [1.807, 2.05) is 6.20 Å². The van der Waals surface area contributed by atoms with Gasteiger partial charge in [0.25, 0.3) is 0 Å². The van der Waals surface area contributed by atoms with Gasteiger partial charge in [0.05, 0.1) is 28.7 Å². The van der Waals surface area contributed by atoms with Crippen molar-refractivity contribution in [2.45, 2.75) is 36.4 Å². The third-order valence-corrected chi connectivity index (χ3v) is 8.47. The highest BCUT2D eigenvalue weighted by Gasteiger charge is 2.71. The topological polar surface area (TPSA) is 86.6 Å². The fourth-order valence-electron chi connectivity index (χ4n) is 6.30. The molecule has 0 amide bonds. The lowest BCUT2D eigenvalue weighted by atomic mass is 9.56. The molecule has 0 radical (unpaired) electrons. The van der Waals surface area contributed by atoms with Gasteiger partial charge in [0.15, 0.2) is 6.04 Å². The number of aliphatic hydroxyl groups excluding tert-OH is 1. The molecule has 7 heteroatoms. The number of rotatable bonds is 0. The number of nitrogens with one attached hydrogen (secondary N) is 3. The zero-order chi connectivity index (χ0) is 16.7. The molecule has 1 spiro atoms. The number of aromatic nitrogens is 1. The second-order valence-electron chi connectivity index (χ2n) is 7.99. The average molecular weight is 354 g/mol. The van der Waals surface area contributed by atoms with E-state index in [1.54, 1.807) is 17.8 Å². The first-order chi connectivity index (χ1) is 12.1. The van der Waals surface area contributed by atoms with Crippen LogP contribution in [-0.4, -0.2) is 45.7 Å². The summed E-state index contributed by atoms with van der Waals surface area (Å²) in [4.78, 5) is 31.3. The number of piperidine rings is 1. The average Bonchev–Trinajstić information content (AvgIpc) is 3.13. The zero-order valence-corrected chi connectivity index (χ0v) is 14.1. The Kier molecular flexibility index (Phi) is 2.03. The monoisotopic (exact) mass is 354 g/mol. The van der Waals surface area contributed by atoms with Gasteiger partial charge >= 0.3 is 0 Å². The SMILES string of the molecule is O=C1C2=C3C4c5c(c[nH]c51)CC[NH+]4[C@@H]1C(=O)C=C4S[C@@H](C[C@@]43[C@H]1O)N2. The minimum Gasteiger partial charge on any atom is -0.385 e. The Morgan fingerprint density at radius 2 is 2.24 bits per heavy atom. The molecule has 6 atom stereocenters. The fraction of sp³-hybridized carbons (Fsp3) is 0.444. The molecule has 126 valence electrons. The summed E-state index contributed by atoms with van der Waals surface area (Å²) in [6, 6.07) is -0.411. The lowest BCUT2D eigenvalue weighted by molar-refractivity contribution is -0.953. The third kappa shape index (κ3) is 1.19. The molecule has 2 saturated heterocycles. The van der Waals surface area contributed by atoms with Gasteiger partial charge in [0.1, 0.15) is 12.1 Å². The van der Waals surface area contributed by atoms with E-state index in [4.69, 9.17) is 0 Å². The largest absolute Gasteiger partial charge is 0.385 e. The van der Waals surface area contributed by atoms with Gasteiger partial charge < -0.3 is 20.3 Å². The molecule has 7 rings (SSSR count). The molecule has 2 unspecified atom stereocenters. The summed E-state index contributed by atoms with van der Waals surface area (Å²) in [6.45, 7) is 0.809. The van der Waals surface area contributed by atoms with E-state index in [0.29, 0.717) is 11.4 Å². The number of aromatic amines is 1. The number of thioether (sulfide) groups is 1. The van der Waals surface area contributed by atoms with E-state index >= 15 is 0 Å². The number of carbonyl (C=O) groups excluding carboxylic acids is 2. The molecule has 2 fully saturated rings. The molecule has 0 saturated carbocycles. The maximum Gasteiger partial charge on any atom is 0.225 e. The first-order valence-electron chi connectivity index (χ1n) is 8.83. The molecule has 6 aliphatic rings. The van der Waals surface area contributed by atoms with Crippen LogP contribution in [0.1, 0.15) is 34.1 Å². The molecule has 4 aliphatic heterocycles. The fourth-order valence-corrected chi connectivity index (χ4v) is 7.84. The molecule has 5 heterocycles. The standard InChI is InChI=1S/C18H15N3O3S/c22-7-3-8-18-4-9(25-8)20-13-11(18)15-10-6(5-19-12(10)16(13)23)1-2-21(15)14(7)17(18)24/h3,5,9,14-15,17,19-20,24H,1-2,4H2/p+1/t9-,14+,15?,17-,18+/m0/s1. The molecule has 3 bridgehead atoms. The van der Waals surface area contributed by atoms with Crippen LogP contribution in [0.2, 0.25) is 0 Å². The summed E-state index contributed by atoms with van der Waals surface area (Å²) >= 11 is 1.61. The highest BCUT2D eigenvalue weighted by atomic mass is 32.2. The van der Waals surface area contributed by atoms with Crippen molar-refractivity contribution >= 4 is 23.3 Å². The number of allylic oxidation sites excluding steroid dienone is 1. The number of quaternary nitrogens is 1. The second kappa shape index (κ2) is 3.79. The number of H-pyrrole nitrogens is 1. The Morgan fingerprint density at radius 3 is 3.12 bits per heavy atom. The van der Waals surface area contributed by atoms with Crippen molar-refractivity contribution in [3.05, 3.63) is 45.3 Å². The molecule has 1 aromatic rings. The lowest BCUT2D eigenvalue weighted by Gasteiger charge is -2.56. The van der Waals surface area contributed by atoms with Gasteiger partial charge in [-0.25, -0.2) is 0 Å². The van der Waals surface area contributed by atoms with Crippen LogP contribution in [0.4, 0.5) is 0 Å². The summed E-state index contributed by atoms with van der Waals surface area (Å²) < 4.78 is 0. The van der Waals surface area contributed by atoms with Crippen molar-refractivity contribution in [1.82, 2.24) is 10.3 Å². The number of aliphatic hydroxyl groups is 1. The van der Waals surface area contributed by atoms with E-state index in [-0.39, 0.29) is 23.0 Å². The Morgan fingerprint density at radius 1 is 1.36 bits per heavy atom. The first-order valence-corrected chi connectivity index (χ1v) is 9.71. The molecule has 2 aliphatic carbocycles. The number of Topliss-reactive ketones (excluding diaryl/α,β-unsaturated/α-hetero) is 1. The number of carbonyl (C=O) groups is 2. The summed E-state index contributed by atoms with van der Waals surface area (Å²) in [5.41, 5.74) is 4.13. The third-order valence-electron chi connectivity index (χ3n) is 7.16.